The minimum Gasteiger partial charge on any atom is -0.263 e. The molecule has 0 radical (unpaired) electrons. The van der Waals surface area contributed by atoms with Gasteiger partial charge in [-0.2, -0.15) is 60.4 Å². The van der Waals surface area contributed by atoms with Crippen molar-refractivity contribution in [1.82, 2.24) is 0 Å². The molecule has 0 amide bonds. The van der Waals surface area contributed by atoms with Gasteiger partial charge in [0.25, 0.3) is 0 Å². The molecule has 0 aliphatic rings. The smallest absolute Gasteiger partial charge is 0.263 e. The van der Waals surface area contributed by atoms with E-state index >= 15 is 0 Å². The molecule has 0 aromatic carbocycles. The van der Waals surface area contributed by atoms with E-state index in [0.717, 1.165) is 0 Å². The van der Waals surface area contributed by atoms with E-state index < -0.39 is 62.4 Å². The van der Waals surface area contributed by atoms with E-state index in [2.05, 4.69) is 10.9 Å². The normalized spacial score (nSPS) is 13.1. The Morgan fingerprint density at radius 2 is 0.393 bits per heavy atom. The summed E-state index contributed by atoms with van der Waals surface area (Å²) < 4.78 is 167. The van der Waals surface area contributed by atoms with Crippen LogP contribution in [0.5, 0.6) is 0 Å². The lowest BCUT2D eigenvalue weighted by atomic mass is 15.8. The molecule has 176 valence electrons. The Kier molecular flexibility index (Phi) is 14.9. The molecule has 0 saturated carbocycles. The van der Waals surface area contributed by atoms with E-state index in [1.807, 2.05) is 0 Å². The third-order valence-corrected chi connectivity index (χ3v) is 4.64. The fourth-order valence-corrected chi connectivity index (χ4v) is 2.93. The van der Waals surface area contributed by atoms with Gasteiger partial charge in [0.2, 0.25) is 0 Å². The fourth-order valence-electron chi connectivity index (χ4n) is 0.326. The molecular formula is H9O21PS6. The summed E-state index contributed by atoms with van der Waals surface area (Å²) >= 11 is 0. The molecule has 0 rings (SSSR count). The molecule has 28 heavy (non-hydrogen) atoms. The monoisotopic (exact) mass is 568 g/mol. The van der Waals surface area contributed by atoms with Crippen LogP contribution >= 0.6 is 9.90 Å². The summed E-state index contributed by atoms with van der Waals surface area (Å²) in [4.78, 5) is 0. The van der Waals surface area contributed by atoms with Crippen molar-refractivity contribution in [2.45, 2.75) is 0 Å². The van der Waals surface area contributed by atoms with Gasteiger partial charge in [0, 0.05) is 0 Å². The Hall–Kier alpha value is -0.230. The first-order valence-corrected chi connectivity index (χ1v) is 12.3. The molecule has 6 N–H and O–H groups in total. The molecule has 21 nitrogen and oxygen atoms in total. The van der Waals surface area contributed by atoms with E-state index in [1.165, 1.54) is 0 Å². The Bertz CT molecular complexity index is 850. The van der Waals surface area contributed by atoms with Crippen molar-refractivity contribution in [2.75, 3.05) is 0 Å². The van der Waals surface area contributed by atoms with Crippen molar-refractivity contribution in [3.8, 4) is 0 Å². The first-order valence-electron chi connectivity index (χ1n) is 4.10. The Morgan fingerprint density at radius 1 is 0.321 bits per heavy atom. The number of rotatable bonds is 6. The molecule has 0 aromatic heterocycles. The van der Waals surface area contributed by atoms with Gasteiger partial charge in [0.1, 0.15) is 0 Å². The summed E-state index contributed by atoms with van der Waals surface area (Å²) in [6.45, 7) is 0. The number of hydrogen-bond donors (Lipinski definition) is 6. The van der Waals surface area contributed by atoms with E-state index in [9.17, 15) is 50.5 Å². The summed E-state index contributed by atoms with van der Waals surface area (Å²) in [6.07, 6.45) is 0. The zero-order chi connectivity index (χ0) is 23.1. The predicted octanol–water partition coefficient (Wildman–Crippen LogP) is -4.12. The molecule has 0 fully saturated rings. The van der Waals surface area contributed by atoms with Crippen molar-refractivity contribution in [1.29, 1.82) is 0 Å². The van der Waals surface area contributed by atoms with Gasteiger partial charge in [-0.15, -0.1) is 10.9 Å². The van der Waals surface area contributed by atoms with Crippen LogP contribution in [-0.2, 0) is 73.3 Å². The van der Waals surface area contributed by atoms with E-state index in [1.54, 1.807) is 0 Å². The van der Waals surface area contributed by atoms with Crippen molar-refractivity contribution in [2.24, 2.45) is 0 Å². The highest BCUT2D eigenvalue weighted by Crippen LogP contribution is 1.93. The standard InChI is InChI=1S/3H2O7S2.H3P/c3*1-8(2,3)7-9(4,5)6;/h3*(H,1,2,3)(H,4,5,6);1H3. The maximum Gasteiger partial charge on any atom is 0.413 e. The van der Waals surface area contributed by atoms with Crippen LogP contribution in [0.15, 0.2) is 0 Å². The maximum atomic E-state index is 9.44. The zero-order valence-electron chi connectivity index (χ0n) is 12.0. The predicted molar refractivity (Wildman–Crippen MR) is 83.7 cm³/mol. The van der Waals surface area contributed by atoms with Crippen LogP contribution in [0.25, 0.3) is 0 Å². The molecular weight excluding hydrogens is 559 g/mol. The van der Waals surface area contributed by atoms with Gasteiger partial charge in [-0.1, -0.05) is 0 Å². The lowest BCUT2D eigenvalue weighted by molar-refractivity contribution is 0.339. The average Bonchev–Trinajstić information content (AvgIpc) is 1.96. The number of hydrogen-bond acceptors (Lipinski definition) is 15. The molecule has 0 aliphatic heterocycles. The van der Waals surface area contributed by atoms with Crippen LogP contribution in [0.4, 0.5) is 0 Å². The first-order chi connectivity index (χ1) is 11.1. The molecule has 1 atom stereocenters. The fraction of sp³-hybridized carbons (Fsp3) is 0. The molecule has 0 aliphatic carbocycles. The summed E-state index contributed by atoms with van der Waals surface area (Å²) in [7, 11) is -30.7. The van der Waals surface area contributed by atoms with Gasteiger partial charge in [-0.25, -0.2) is 0 Å². The second-order valence-electron chi connectivity index (χ2n) is 2.77. The summed E-state index contributed by atoms with van der Waals surface area (Å²) in [5.74, 6) is 0. The summed E-state index contributed by atoms with van der Waals surface area (Å²) in [5.41, 5.74) is 0. The van der Waals surface area contributed by atoms with Crippen LogP contribution < -0.4 is 0 Å². The van der Waals surface area contributed by atoms with Crippen LogP contribution in [-0.4, -0.2) is 77.8 Å². The summed E-state index contributed by atoms with van der Waals surface area (Å²) in [6, 6.07) is 0. The van der Waals surface area contributed by atoms with Gasteiger partial charge in [-0.05, 0) is 0 Å². The molecule has 28 heteroatoms. The molecule has 0 bridgehead atoms. The van der Waals surface area contributed by atoms with Gasteiger partial charge >= 0.3 is 62.4 Å². The topological polar surface area (TPSA) is 354 Å². The zero-order valence-corrected chi connectivity index (χ0v) is 18.3. The van der Waals surface area contributed by atoms with Crippen molar-refractivity contribution < 1.29 is 88.7 Å². The highest BCUT2D eigenvalue weighted by molar-refractivity contribution is 7.95. The minimum absolute atomic E-state index is 0. The average molecular weight is 568 g/mol. The second-order valence-corrected chi connectivity index (χ2v) is 9.54. The quantitative estimate of drug-likeness (QED) is 0.131. The maximum absolute atomic E-state index is 9.44. The van der Waals surface area contributed by atoms with Crippen molar-refractivity contribution >= 4 is 72.3 Å². The molecule has 0 saturated heterocycles. The van der Waals surface area contributed by atoms with Crippen molar-refractivity contribution in [3.63, 3.8) is 0 Å². The third-order valence-electron chi connectivity index (χ3n) is 0.516. The molecule has 0 spiro atoms. The van der Waals surface area contributed by atoms with Crippen LogP contribution in [0.3, 0.4) is 0 Å². The molecule has 0 aromatic rings. The van der Waals surface area contributed by atoms with Crippen LogP contribution in [0, 0.1) is 0 Å². The Morgan fingerprint density at radius 3 is 0.393 bits per heavy atom. The van der Waals surface area contributed by atoms with Gasteiger partial charge in [0.15, 0.2) is 0 Å². The van der Waals surface area contributed by atoms with Crippen LogP contribution in [0.2, 0.25) is 0 Å². The summed E-state index contributed by atoms with van der Waals surface area (Å²) in [5, 5.41) is 0. The van der Waals surface area contributed by atoms with Crippen LogP contribution in [0.1, 0.15) is 0 Å². The second kappa shape index (κ2) is 11.8. The Labute approximate surface area is 161 Å². The van der Waals surface area contributed by atoms with E-state index in [-0.39, 0.29) is 9.90 Å². The first kappa shape index (κ1) is 35.2. The SMILES string of the molecule is O=S(=O)(O)OS(=O)(=O)O.O=S(=O)(O)OS(=O)(=O)O.O=S(=O)(O)OS(=O)(=O)O.P. The van der Waals surface area contributed by atoms with Gasteiger partial charge < -0.3 is 0 Å². The highest BCUT2D eigenvalue weighted by Gasteiger charge is 2.17. The van der Waals surface area contributed by atoms with E-state index in [4.69, 9.17) is 27.3 Å². The molecule has 0 heterocycles. The third kappa shape index (κ3) is 50.1. The van der Waals surface area contributed by atoms with Gasteiger partial charge in [-0.3, -0.25) is 27.3 Å². The minimum atomic E-state index is -5.12. The lowest BCUT2D eigenvalue weighted by Crippen LogP contribution is -2.10. The largest absolute Gasteiger partial charge is 0.413 e. The molecule has 1 unspecified atom stereocenters. The Balaban J connectivity index is -0.000000152. The van der Waals surface area contributed by atoms with E-state index in [0.29, 0.717) is 0 Å². The van der Waals surface area contributed by atoms with Crippen molar-refractivity contribution in [3.05, 3.63) is 0 Å². The highest BCUT2D eigenvalue weighted by atomic mass is 32.3. The lowest BCUT2D eigenvalue weighted by Gasteiger charge is -1.89. The van der Waals surface area contributed by atoms with Gasteiger partial charge in [0.05, 0.1) is 0 Å².